The number of aromatic nitrogens is 1. The van der Waals surface area contributed by atoms with Gasteiger partial charge in [-0.15, -0.1) is 11.3 Å². The number of sulfonamides is 1. The Hall–Kier alpha value is -3.28. The lowest BCUT2D eigenvalue weighted by Gasteiger charge is -2.30. The summed E-state index contributed by atoms with van der Waals surface area (Å²) in [6, 6.07) is 14.3. The van der Waals surface area contributed by atoms with E-state index in [1.54, 1.807) is 38.4 Å². The number of anilines is 1. The van der Waals surface area contributed by atoms with E-state index in [2.05, 4.69) is 15.5 Å². The lowest BCUT2D eigenvalue weighted by atomic mass is 9.98. The number of esters is 1. The SMILES string of the molecule is CCOC(=O)C1CCN(S(=O)(=O)c2cccc(-c3csc(N/N=C/c4ccccc4OC)n3)c2)CC1. The third-order valence-corrected chi connectivity index (χ3v) is 8.49. The number of carbonyl (C=O) groups excluding carboxylic acids is 1. The second-order valence-electron chi connectivity index (χ2n) is 8.11. The van der Waals surface area contributed by atoms with Crippen molar-refractivity contribution in [2.75, 3.05) is 32.2 Å². The number of hydrogen-bond donors (Lipinski definition) is 1. The summed E-state index contributed by atoms with van der Waals surface area (Å²) < 4.78 is 38.3. The van der Waals surface area contributed by atoms with E-state index in [9.17, 15) is 13.2 Å². The van der Waals surface area contributed by atoms with Gasteiger partial charge in [0.2, 0.25) is 15.2 Å². The Bertz CT molecular complexity index is 1330. The van der Waals surface area contributed by atoms with Gasteiger partial charge in [0, 0.05) is 29.6 Å². The second kappa shape index (κ2) is 11.6. The summed E-state index contributed by atoms with van der Waals surface area (Å²) in [6.45, 7) is 2.66. The van der Waals surface area contributed by atoms with Crippen LogP contribution in [0.15, 0.2) is 63.9 Å². The first-order valence-corrected chi connectivity index (χ1v) is 13.9. The first kappa shape index (κ1) is 25.8. The third kappa shape index (κ3) is 5.92. The van der Waals surface area contributed by atoms with E-state index in [1.165, 1.54) is 15.6 Å². The molecular weight excluding hydrogens is 500 g/mol. The maximum Gasteiger partial charge on any atom is 0.309 e. The Labute approximate surface area is 214 Å². The monoisotopic (exact) mass is 528 g/mol. The molecule has 0 saturated carbocycles. The van der Waals surface area contributed by atoms with E-state index in [-0.39, 0.29) is 29.9 Å². The molecule has 190 valence electrons. The number of rotatable bonds is 9. The predicted octanol–water partition coefficient (Wildman–Crippen LogP) is 4.23. The number of para-hydroxylation sites is 1. The smallest absolute Gasteiger partial charge is 0.309 e. The van der Waals surface area contributed by atoms with Crippen LogP contribution in [0.1, 0.15) is 25.3 Å². The zero-order valence-electron chi connectivity index (χ0n) is 20.1. The van der Waals surface area contributed by atoms with Gasteiger partial charge in [-0.2, -0.15) is 9.41 Å². The first-order valence-electron chi connectivity index (χ1n) is 11.6. The zero-order valence-corrected chi connectivity index (χ0v) is 21.7. The number of carbonyl (C=O) groups is 1. The molecule has 2 aromatic carbocycles. The van der Waals surface area contributed by atoms with Crippen molar-refractivity contribution in [3.05, 3.63) is 59.5 Å². The number of piperidine rings is 1. The van der Waals surface area contributed by atoms with Crippen molar-refractivity contribution >= 4 is 38.7 Å². The summed E-state index contributed by atoms with van der Waals surface area (Å²) in [5, 5.41) is 6.65. The highest BCUT2D eigenvalue weighted by atomic mass is 32.2. The fourth-order valence-corrected chi connectivity index (χ4v) is 6.13. The molecule has 1 aliphatic rings. The topological polar surface area (TPSA) is 110 Å². The molecular formula is C25H28N4O5S2. The van der Waals surface area contributed by atoms with Gasteiger partial charge in [0.25, 0.3) is 0 Å². The van der Waals surface area contributed by atoms with Gasteiger partial charge in [-0.25, -0.2) is 13.4 Å². The minimum atomic E-state index is -3.69. The number of hydrogen-bond acceptors (Lipinski definition) is 9. The number of thiazole rings is 1. The minimum Gasteiger partial charge on any atom is -0.496 e. The van der Waals surface area contributed by atoms with E-state index in [1.807, 2.05) is 35.7 Å². The molecule has 1 N–H and O–H groups in total. The van der Waals surface area contributed by atoms with Crippen molar-refractivity contribution in [1.29, 1.82) is 0 Å². The number of methoxy groups -OCH3 is 1. The van der Waals surface area contributed by atoms with E-state index in [4.69, 9.17) is 9.47 Å². The van der Waals surface area contributed by atoms with Gasteiger partial charge < -0.3 is 9.47 Å². The molecule has 0 unspecified atom stereocenters. The molecule has 0 spiro atoms. The predicted molar refractivity (Wildman–Crippen MR) is 140 cm³/mol. The molecule has 3 aromatic rings. The third-order valence-electron chi connectivity index (χ3n) is 5.85. The average Bonchev–Trinajstić information content (AvgIpc) is 3.38. The quantitative estimate of drug-likeness (QED) is 0.251. The summed E-state index contributed by atoms with van der Waals surface area (Å²) in [4.78, 5) is 16.7. The average molecular weight is 529 g/mol. The summed E-state index contributed by atoms with van der Waals surface area (Å²) in [5.74, 6) is 0.206. The van der Waals surface area contributed by atoms with Gasteiger partial charge in [0.15, 0.2) is 0 Å². The lowest BCUT2D eigenvalue weighted by Crippen LogP contribution is -2.40. The first-order chi connectivity index (χ1) is 17.4. The van der Waals surface area contributed by atoms with Crippen LogP contribution in [0.4, 0.5) is 5.13 Å². The van der Waals surface area contributed by atoms with Gasteiger partial charge in [-0.1, -0.05) is 24.3 Å². The van der Waals surface area contributed by atoms with Crippen molar-refractivity contribution in [1.82, 2.24) is 9.29 Å². The van der Waals surface area contributed by atoms with E-state index in [0.29, 0.717) is 41.6 Å². The lowest BCUT2D eigenvalue weighted by molar-refractivity contribution is -0.149. The number of benzene rings is 2. The van der Waals surface area contributed by atoms with Crippen molar-refractivity contribution in [3.63, 3.8) is 0 Å². The van der Waals surface area contributed by atoms with Gasteiger partial charge in [-0.3, -0.25) is 10.2 Å². The molecule has 0 bridgehead atoms. The van der Waals surface area contributed by atoms with Gasteiger partial charge in [-0.05, 0) is 44.0 Å². The largest absolute Gasteiger partial charge is 0.496 e. The van der Waals surface area contributed by atoms with Gasteiger partial charge >= 0.3 is 5.97 Å². The highest BCUT2D eigenvalue weighted by Crippen LogP contribution is 2.29. The summed E-state index contributed by atoms with van der Waals surface area (Å²) in [6.07, 6.45) is 2.56. The highest BCUT2D eigenvalue weighted by molar-refractivity contribution is 7.89. The van der Waals surface area contributed by atoms with Crippen LogP contribution in [-0.2, 0) is 19.6 Å². The molecule has 4 rings (SSSR count). The van der Waals surface area contributed by atoms with Crippen LogP contribution >= 0.6 is 11.3 Å². The number of nitrogens with zero attached hydrogens (tertiary/aromatic N) is 3. The number of hydrazone groups is 1. The Morgan fingerprint density at radius 1 is 1.22 bits per heavy atom. The van der Waals surface area contributed by atoms with Crippen LogP contribution in [0.3, 0.4) is 0 Å². The van der Waals surface area contributed by atoms with Crippen molar-refractivity contribution < 1.29 is 22.7 Å². The zero-order chi connectivity index (χ0) is 25.5. The fourth-order valence-electron chi connectivity index (χ4n) is 3.94. The Morgan fingerprint density at radius 2 is 2.00 bits per heavy atom. The maximum atomic E-state index is 13.3. The summed E-state index contributed by atoms with van der Waals surface area (Å²) in [7, 11) is -2.09. The second-order valence-corrected chi connectivity index (χ2v) is 10.9. The van der Waals surface area contributed by atoms with Gasteiger partial charge in [0.1, 0.15) is 5.75 Å². The van der Waals surface area contributed by atoms with Crippen LogP contribution in [0.5, 0.6) is 5.75 Å². The van der Waals surface area contributed by atoms with Crippen LogP contribution in [0.2, 0.25) is 0 Å². The molecule has 0 aliphatic carbocycles. The Kier molecular flexibility index (Phi) is 8.34. The molecule has 36 heavy (non-hydrogen) atoms. The molecule has 1 fully saturated rings. The van der Waals surface area contributed by atoms with E-state index < -0.39 is 10.0 Å². The van der Waals surface area contributed by atoms with Gasteiger partial charge in [0.05, 0.1) is 36.4 Å². The standard InChI is InChI=1S/C25H28N4O5S2/c1-3-34-24(30)18-11-13-29(14-12-18)36(31,32)21-9-6-8-19(15-21)22-17-35-25(27-22)28-26-16-20-7-4-5-10-23(20)33-2/h4-10,15-18H,3,11-14H2,1-2H3,(H,27,28)/b26-16+. The van der Waals surface area contributed by atoms with Crippen molar-refractivity contribution in [2.24, 2.45) is 11.0 Å². The molecule has 1 aromatic heterocycles. The molecule has 0 atom stereocenters. The van der Waals surface area contributed by atoms with E-state index in [0.717, 1.165) is 5.56 Å². The van der Waals surface area contributed by atoms with Crippen LogP contribution < -0.4 is 10.2 Å². The highest BCUT2D eigenvalue weighted by Gasteiger charge is 2.32. The number of ether oxygens (including phenoxy) is 2. The molecule has 1 aliphatic heterocycles. The fraction of sp³-hybridized carbons (Fsp3) is 0.320. The van der Waals surface area contributed by atoms with Crippen LogP contribution in [-0.4, -0.2) is 56.7 Å². The number of nitrogens with one attached hydrogen (secondary N) is 1. The molecule has 0 radical (unpaired) electrons. The summed E-state index contributed by atoms with van der Waals surface area (Å²) >= 11 is 1.37. The summed E-state index contributed by atoms with van der Waals surface area (Å²) in [5.41, 5.74) is 5.07. The Balaban J connectivity index is 1.43. The Morgan fingerprint density at radius 3 is 2.75 bits per heavy atom. The molecule has 2 heterocycles. The molecule has 1 saturated heterocycles. The van der Waals surface area contributed by atoms with Crippen LogP contribution in [0.25, 0.3) is 11.3 Å². The van der Waals surface area contributed by atoms with Crippen molar-refractivity contribution in [3.8, 4) is 17.0 Å². The van der Waals surface area contributed by atoms with Crippen LogP contribution in [0, 0.1) is 5.92 Å². The molecule has 9 nitrogen and oxygen atoms in total. The minimum absolute atomic E-state index is 0.200. The molecule has 0 amide bonds. The van der Waals surface area contributed by atoms with E-state index >= 15 is 0 Å². The van der Waals surface area contributed by atoms with Crippen molar-refractivity contribution in [2.45, 2.75) is 24.7 Å². The molecule has 11 heteroatoms. The maximum absolute atomic E-state index is 13.3. The normalized spacial score (nSPS) is 15.2.